The number of nitrogens with one attached hydrogen (secondary N) is 1. The van der Waals surface area contributed by atoms with Gasteiger partial charge in [-0.2, -0.15) is 0 Å². The Morgan fingerprint density at radius 1 is 1.05 bits per heavy atom. The van der Waals surface area contributed by atoms with Crippen LogP contribution in [0, 0.1) is 0 Å². The molecule has 2 rings (SSSR count). The maximum absolute atomic E-state index is 12.3. The van der Waals surface area contributed by atoms with E-state index < -0.39 is 0 Å². The van der Waals surface area contributed by atoms with Crippen molar-refractivity contribution in [3.63, 3.8) is 0 Å². The van der Waals surface area contributed by atoms with E-state index in [4.69, 9.17) is 9.47 Å². The SMILES string of the molecule is COCOC[C@H](NC(=O)c1ccccc1)c1ccccc1. The van der Waals surface area contributed by atoms with Crippen LogP contribution in [0.25, 0.3) is 0 Å². The summed E-state index contributed by atoms with van der Waals surface area (Å²) in [7, 11) is 1.57. The fourth-order valence-electron chi connectivity index (χ4n) is 1.99. The molecule has 0 aliphatic heterocycles. The topological polar surface area (TPSA) is 47.6 Å². The van der Waals surface area contributed by atoms with Gasteiger partial charge < -0.3 is 14.8 Å². The second-order valence-corrected chi connectivity index (χ2v) is 4.58. The molecule has 1 atom stereocenters. The summed E-state index contributed by atoms with van der Waals surface area (Å²) in [4.78, 5) is 12.3. The van der Waals surface area contributed by atoms with Gasteiger partial charge in [0, 0.05) is 12.7 Å². The molecule has 0 saturated heterocycles. The van der Waals surface area contributed by atoms with E-state index in [-0.39, 0.29) is 18.7 Å². The van der Waals surface area contributed by atoms with Crippen molar-refractivity contribution in [1.82, 2.24) is 5.32 Å². The molecule has 1 amide bonds. The number of benzene rings is 2. The minimum absolute atomic E-state index is 0.120. The number of hydrogen-bond donors (Lipinski definition) is 1. The highest BCUT2D eigenvalue weighted by Crippen LogP contribution is 2.14. The third-order valence-corrected chi connectivity index (χ3v) is 3.03. The average molecular weight is 285 g/mol. The van der Waals surface area contributed by atoms with Crippen LogP contribution in [-0.2, 0) is 9.47 Å². The van der Waals surface area contributed by atoms with Crippen LogP contribution in [-0.4, -0.2) is 26.4 Å². The van der Waals surface area contributed by atoms with Gasteiger partial charge in [-0.25, -0.2) is 0 Å². The van der Waals surface area contributed by atoms with E-state index in [1.807, 2.05) is 48.5 Å². The van der Waals surface area contributed by atoms with Crippen molar-refractivity contribution in [3.05, 3.63) is 71.8 Å². The molecule has 4 nitrogen and oxygen atoms in total. The second kappa shape index (κ2) is 8.19. The number of amides is 1. The van der Waals surface area contributed by atoms with Crippen molar-refractivity contribution in [2.75, 3.05) is 20.5 Å². The zero-order valence-corrected chi connectivity index (χ0v) is 12.0. The molecule has 4 heteroatoms. The Morgan fingerprint density at radius 3 is 2.29 bits per heavy atom. The third-order valence-electron chi connectivity index (χ3n) is 3.03. The van der Waals surface area contributed by atoms with Crippen LogP contribution in [0.1, 0.15) is 22.0 Å². The molecule has 1 N–H and O–H groups in total. The number of methoxy groups -OCH3 is 1. The van der Waals surface area contributed by atoms with Crippen LogP contribution < -0.4 is 5.32 Å². The summed E-state index contributed by atoms with van der Waals surface area (Å²) in [6, 6.07) is 18.7. The Balaban J connectivity index is 2.07. The lowest BCUT2D eigenvalue weighted by atomic mass is 10.1. The van der Waals surface area contributed by atoms with E-state index in [1.54, 1.807) is 19.2 Å². The Morgan fingerprint density at radius 2 is 1.67 bits per heavy atom. The maximum atomic E-state index is 12.3. The van der Waals surface area contributed by atoms with Gasteiger partial charge in [0.1, 0.15) is 6.79 Å². The predicted molar refractivity (Wildman–Crippen MR) is 80.9 cm³/mol. The first-order valence-electron chi connectivity index (χ1n) is 6.79. The van der Waals surface area contributed by atoms with Crippen molar-refractivity contribution in [2.24, 2.45) is 0 Å². The molecule has 21 heavy (non-hydrogen) atoms. The van der Waals surface area contributed by atoms with Gasteiger partial charge in [-0.05, 0) is 17.7 Å². The first kappa shape index (κ1) is 15.2. The van der Waals surface area contributed by atoms with Gasteiger partial charge in [0.25, 0.3) is 5.91 Å². The Kier molecular flexibility index (Phi) is 5.94. The Bertz CT molecular complexity index is 542. The number of hydrogen-bond acceptors (Lipinski definition) is 3. The van der Waals surface area contributed by atoms with Gasteiger partial charge in [-0.15, -0.1) is 0 Å². The normalized spacial score (nSPS) is 11.9. The minimum atomic E-state index is -0.214. The fraction of sp³-hybridized carbons (Fsp3) is 0.235. The number of rotatable bonds is 7. The standard InChI is InChI=1S/C17H19NO3/c1-20-13-21-12-16(14-8-4-2-5-9-14)18-17(19)15-10-6-3-7-11-15/h2-11,16H,12-13H2,1H3,(H,18,19)/t16-/m0/s1. The van der Waals surface area contributed by atoms with E-state index in [2.05, 4.69) is 5.32 Å². The van der Waals surface area contributed by atoms with Gasteiger partial charge >= 0.3 is 0 Å². The predicted octanol–water partition coefficient (Wildman–Crippen LogP) is 2.78. The smallest absolute Gasteiger partial charge is 0.251 e. The van der Waals surface area contributed by atoms with Crippen LogP contribution >= 0.6 is 0 Å². The quantitative estimate of drug-likeness (QED) is 0.628. The number of ether oxygens (including phenoxy) is 2. The van der Waals surface area contributed by atoms with Gasteiger partial charge in [-0.1, -0.05) is 48.5 Å². The molecule has 0 bridgehead atoms. The maximum Gasteiger partial charge on any atom is 0.251 e. The molecule has 0 unspecified atom stereocenters. The molecule has 110 valence electrons. The van der Waals surface area contributed by atoms with E-state index in [1.165, 1.54) is 0 Å². The summed E-state index contributed by atoms with van der Waals surface area (Å²) in [6.07, 6.45) is 0. The lowest BCUT2D eigenvalue weighted by Gasteiger charge is -2.19. The Labute approximate surface area is 124 Å². The van der Waals surface area contributed by atoms with Crippen LogP contribution in [0.5, 0.6) is 0 Å². The lowest BCUT2D eigenvalue weighted by Crippen LogP contribution is -2.31. The average Bonchev–Trinajstić information content (AvgIpc) is 2.55. The van der Waals surface area contributed by atoms with Gasteiger partial charge in [0.15, 0.2) is 0 Å². The van der Waals surface area contributed by atoms with E-state index >= 15 is 0 Å². The van der Waals surface area contributed by atoms with Crippen molar-refractivity contribution in [3.8, 4) is 0 Å². The van der Waals surface area contributed by atoms with E-state index in [0.717, 1.165) is 5.56 Å². The molecular weight excluding hydrogens is 266 g/mol. The minimum Gasteiger partial charge on any atom is -0.359 e. The lowest BCUT2D eigenvalue weighted by molar-refractivity contribution is -0.0377. The molecule has 0 aliphatic carbocycles. The van der Waals surface area contributed by atoms with Gasteiger partial charge in [0.05, 0.1) is 12.6 Å². The highest BCUT2D eigenvalue weighted by Gasteiger charge is 2.15. The first-order chi connectivity index (χ1) is 10.3. The highest BCUT2D eigenvalue weighted by atomic mass is 16.7. The summed E-state index contributed by atoms with van der Waals surface area (Å²) < 4.78 is 10.3. The summed E-state index contributed by atoms with van der Waals surface area (Å²) in [5, 5.41) is 2.99. The zero-order valence-electron chi connectivity index (χ0n) is 12.0. The molecule has 0 radical (unpaired) electrons. The summed E-state index contributed by atoms with van der Waals surface area (Å²) in [5.74, 6) is -0.120. The molecule has 2 aromatic rings. The molecular formula is C17H19NO3. The fourth-order valence-corrected chi connectivity index (χ4v) is 1.99. The van der Waals surface area contributed by atoms with Crippen LogP contribution in [0.4, 0.5) is 0 Å². The van der Waals surface area contributed by atoms with Crippen LogP contribution in [0.15, 0.2) is 60.7 Å². The Hall–Kier alpha value is -2.17. The first-order valence-corrected chi connectivity index (χ1v) is 6.79. The number of carbonyl (C=O) groups excluding carboxylic acids is 1. The van der Waals surface area contributed by atoms with Crippen LogP contribution in [0.2, 0.25) is 0 Å². The summed E-state index contributed by atoms with van der Waals surface area (Å²) in [6.45, 7) is 0.557. The molecule has 2 aromatic carbocycles. The highest BCUT2D eigenvalue weighted by molar-refractivity contribution is 5.94. The molecule has 0 heterocycles. The van der Waals surface area contributed by atoms with Crippen molar-refractivity contribution >= 4 is 5.91 Å². The van der Waals surface area contributed by atoms with Gasteiger partial charge in [-0.3, -0.25) is 4.79 Å². The largest absolute Gasteiger partial charge is 0.359 e. The number of carbonyl (C=O) groups is 1. The van der Waals surface area contributed by atoms with Crippen LogP contribution in [0.3, 0.4) is 0 Å². The monoisotopic (exact) mass is 285 g/mol. The van der Waals surface area contributed by atoms with Gasteiger partial charge in [0.2, 0.25) is 0 Å². The zero-order chi connectivity index (χ0) is 14.9. The molecule has 0 spiro atoms. The molecule has 0 saturated carbocycles. The van der Waals surface area contributed by atoms with E-state index in [9.17, 15) is 4.79 Å². The van der Waals surface area contributed by atoms with Crippen molar-refractivity contribution in [2.45, 2.75) is 6.04 Å². The molecule has 0 aliphatic rings. The second-order valence-electron chi connectivity index (χ2n) is 4.58. The van der Waals surface area contributed by atoms with Crippen molar-refractivity contribution in [1.29, 1.82) is 0 Å². The van der Waals surface area contributed by atoms with E-state index in [0.29, 0.717) is 12.2 Å². The third kappa shape index (κ3) is 4.70. The molecule has 0 aromatic heterocycles. The van der Waals surface area contributed by atoms with Crippen molar-refractivity contribution < 1.29 is 14.3 Å². The summed E-state index contributed by atoms with van der Waals surface area (Å²) in [5.41, 5.74) is 1.63. The summed E-state index contributed by atoms with van der Waals surface area (Å²) >= 11 is 0. The molecule has 0 fully saturated rings.